The first-order valence-corrected chi connectivity index (χ1v) is 12.9. The van der Waals surface area contributed by atoms with E-state index in [-0.39, 0.29) is 35.2 Å². The fraction of sp³-hybridized carbons (Fsp3) is 0.350. The largest absolute Gasteiger partial charge is 0.490 e. The molecule has 2 aromatic rings. The normalized spacial score (nSPS) is 13.9. The molecule has 1 amide bonds. The molecule has 0 fully saturated rings. The summed E-state index contributed by atoms with van der Waals surface area (Å²) in [5.41, 5.74) is 0.599. The van der Waals surface area contributed by atoms with E-state index in [1.807, 2.05) is 0 Å². The van der Waals surface area contributed by atoms with Crippen LogP contribution in [-0.4, -0.2) is 49.5 Å². The van der Waals surface area contributed by atoms with Crippen LogP contribution in [0.3, 0.4) is 0 Å². The minimum Gasteiger partial charge on any atom is -0.490 e. The first-order valence-electron chi connectivity index (χ1n) is 9.90. The molecule has 0 saturated carbocycles. The number of nitrogens with one attached hydrogen (secondary N) is 3. The van der Waals surface area contributed by atoms with Gasteiger partial charge in [0.15, 0.2) is 11.5 Å². The number of carbonyl (C=O) groups is 1. The van der Waals surface area contributed by atoms with Crippen LogP contribution in [-0.2, 0) is 31.4 Å². The second-order valence-corrected chi connectivity index (χ2v) is 10.6. The predicted molar refractivity (Wildman–Crippen MR) is 116 cm³/mol. The van der Waals surface area contributed by atoms with Crippen LogP contribution in [0.25, 0.3) is 0 Å². The van der Waals surface area contributed by atoms with E-state index < -0.39 is 20.0 Å². The number of amides is 1. The Morgan fingerprint density at radius 3 is 2.41 bits per heavy atom. The van der Waals surface area contributed by atoms with Gasteiger partial charge in [0.25, 0.3) is 0 Å². The molecule has 3 rings (SSSR count). The third kappa shape index (κ3) is 6.19. The van der Waals surface area contributed by atoms with Crippen LogP contribution >= 0.6 is 0 Å². The molecule has 1 heterocycles. The monoisotopic (exact) mass is 483 g/mol. The van der Waals surface area contributed by atoms with Crippen molar-refractivity contribution in [2.24, 2.45) is 0 Å². The van der Waals surface area contributed by atoms with Crippen molar-refractivity contribution >= 4 is 26.0 Å². The summed E-state index contributed by atoms with van der Waals surface area (Å²) in [6.07, 6.45) is 0.623. The topological polar surface area (TPSA) is 140 Å². The lowest BCUT2D eigenvalue weighted by Crippen LogP contribution is -2.30. The van der Waals surface area contributed by atoms with Gasteiger partial charge in [0.05, 0.1) is 23.0 Å². The molecule has 0 bridgehead atoms. The summed E-state index contributed by atoms with van der Waals surface area (Å²) in [6, 6.07) is 10.5. The van der Waals surface area contributed by atoms with Crippen LogP contribution in [0.2, 0.25) is 0 Å². The van der Waals surface area contributed by atoms with Gasteiger partial charge in [0.1, 0.15) is 0 Å². The average Bonchev–Trinajstić information content (AvgIpc) is 3.02. The summed E-state index contributed by atoms with van der Waals surface area (Å²) in [6.45, 7) is 0.952. The Labute approximate surface area is 187 Å². The number of fused-ring (bicyclic) bond motifs is 1. The van der Waals surface area contributed by atoms with E-state index in [4.69, 9.17) is 9.47 Å². The number of hydrogen-bond donors (Lipinski definition) is 3. The van der Waals surface area contributed by atoms with Gasteiger partial charge in [-0.25, -0.2) is 26.3 Å². The lowest BCUT2D eigenvalue weighted by atomic mass is 10.2. The van der Waals surface area contributed by atoms with Crippen LogP contribution in [0.1, 0.15) is 18.4 Å². The van der Waals surface area contributed by atoms with E-state index in [0.29, 0.717) is 36.7 Å². The zero-order chi connectivity index (χ0) is 23.2. The molecular weight excluding hydrogens is 458 g/mol. The Morgan fingerprint density at radius 1 is 0.938 bits per heavy atom. The molecule has 32 heavy (non-hydrogen) atoms. The molecule has 174 valence electrons. The van der Waals surface area contributed by atoms with Crippen LogP contribution < -0.4 is 24.2 Å². The van der Waals surface area contributed by atoms with E-state index in [1.165, 1.54) is 31.3 Å². The number of rotatable bonds is 9. The summed E-state index contributed by atoms with van der Waals surface area (Å²) in [4.78, 5) is 12.2. The van der Waals surface area contributed by atoms with Crippen molar-refractivity contribution in [3.05, 3.63) is 48.0 Å². The van der Waals surface area contributed by atoms with Gasteiger partial charge in [0.2, 0.25) is 26.0 Å². The molecule has 3 N–H and O–H groups in total. The standard InChI is InChI=1S/C20H25N3O7S2/c1-21-31(25,26)16-5-2-4-15(12-16)14-22-20(24)8-9-23-32(27,28)17-6-7-18-19(13-17)30-11-3-10-29-18/h2,4-7,12-13,21,23H,3,8-11,14H2,1H3,(H,22,24). The maximum absolute atomic E-state index is 12.5. The Bertz CT molecular complexity index is 1180. The zero-order valence-electron chi connectivity index (χ0n) is 17.5. The quantitative estimate of drug-likeness (QED) is 0.478. The highest BCUT2D eigenvalue weighted by Gasteiger charge is 2.19. The van der Waals surface area contributed by atoms with E-state index in [0.717, 1.165) is 0 Å². The Kier molecular flexibility index (Phi) is 7.72. The van der Waals surface area contributed by atoms with Gasteiger partial charge in [-0.3, -0.25) is 4.79 Å². The van der Waals surface area contributed by atoms with Crippen molar-refractivity contribution in [1.29, 1.82) is 0 Å². The highest BCUT2D eigenvalue weighted by atomic mass is 32.2. The second kappa shape index (κ2) is 10.3. The molecule has 1 aliphatic rings. The van der Waals surface area contributed by atoms with E-state index in [2.05, 4.69) is 14.8 Å². The summed E-state index contributed by atoms with van der Waals surface area (Å²) in [5, 5.41) is 2.64. The van der Waals surface area contributed by atoms with Crippen molar-refractivity contribution in [1.82, 2.24) is 14.8 Å². The van der Waals surface area contributed by atoms with Crippen molar-refractivity contribution in [2.75, 3.05) is 26.8 Å². The van der Waals surface area contributed by atoms with Crippen molar-refractivity contribution < 1.29 is 31.1 Å². The molecule has 12 heteroatoms. The third-order valence-corrected chi connectivity index (χ3v) is 7.51. The summed E-state index contributed by atoms with van der Waals surface area (Å²) in [5.74, 6) is 0.478. The van der Waals surface area contributed by atoms with Crippen LogP contribution in [0, 0.1) is 0 Å². The van der Waals surface area contributed by atoms with Gasteiger partial charge < -0.3 is 14.8 Å². The molecule has 0 aliphatic carbocycles. The minimum absolute atomic E-state index is 0.0183. The lowest BCUT2D eigenvalue weighted by Gasteiger charge is -2.11. The summed E-state index contributed by atoms with van der Waals surface area (Å²) in [7, 11) is -6.10. The highest BCUT2D eigenvalue weighted by Crippen LogP contribution is 2.31. The van der Waals surface area contributed by atoms with Crippen molar-refractivity contribution in [2.45, 2.75) is 29.2 Å². The number of ether oxygens (including phenoxy) is 2. The molecule has 0 unspecified atom stereocenters. The molecule has 1 aliphatic heterocycles. The minimum atomic E-state index is -3.83. The molecule has 2 aromatic carbocycles. The van der Waals surface area contributed by atoms with E-state index >= 15 is 0 Å². The molecule has 0 atom stereocenters. The fourth-order valence-electron chi connectivity index (χ4n) is 2.92. The van der Waals surface area contributed by atoms with E-state index in [1.54, 1.807) is 18.2 Å². The van der Waals surface area contributed by atoms with E-state index in [9.17, 15) is 21.6 Å². The molecule has 0 aromatic heterocycles. The maximum atomic E-state index is 12.5. The van der Waals surface area contributed by atoms with Gasteiger partial charge >= 0.3 is 0 Å². The molecular formula is C20H25N3O7S2. The van der Waals surface area contributed by atoms with Gasteiger partial charge in [-0.2, -0.15) is 0 Å². The van der Waals surface area contributed by atoms with Crippen LogP contribution in [0.15, 0.2) is 52.3 Å². The fourth-order valence-corrected chi connectivity index (χ4v) is 4.77. The number of benzene rings is 2. The van der Waals surface area contributed by atoms with Crippen molar-refractivity contribution in [3.8, 4) is 11.5 Å². The van der Waals surface area contributed by atoms with Gasteiger partial charge in [0, 0.05) is 32.0 Å². The number of carbonyl (C=O) groups excluding carboxylic acids is 1. The predicted octanol–water partition coefficient (Wildman–Crippen LogP) is 0.741. The van der Waals surface area contributed by atoms with Crippen molar-refractivity contribution in [3.63, 3.8) is 0 Å². The highest BCUT2D eigenvalue weighted by molar-refractivity contribution is 7.89. The molecule has 0 spiro atoms. The first-order chi connectivity index (χ1) is 15.2. The zero-order valence-corrected chi connectivity index (χ0v) is 19.1. The molecule has 10 nitrogen and oxygen atoms in total. The van der Waals surface area contributed by atoms with Crippen LogP contribution in [0.4, 0.5) is 0 Å². The Morgan fingerprint density at radius 2 is 1.66 bits per heavy atom. The van der Waals surface area contributed by atoms with Gasteiger partial charge in [-0.15, -0.1) is 0 Å². The van der Waals surface area contributed by atoms with Crippen LogP contribution in [0.5, 0.6) is 11.5 Å². The Hall–Kier alpha value is -2.67. The maximum Gasteiger partial charge on any atom is 0.240 e. The SMILES string of the molecule is CNS(=O)(=O)c1cccc(CNC(=O)CCNS(=O)(=O)c2ccc3c(c2)OCCCO3)c1. The smallest absolute Gasteiger partial charge is 0.240 e. The molecule has 0 saturated heterocycles. The van der Waals surface area contributed by atoms with Gasteiger partial charge in [-0.1, -0.05) is 12.1 Å². The lowest BCUT2D eigenvalue weighted by molar-refractivity contribution is -0.121. The second-order valence-electron chi connectivity index (χ2n) is 6.94. The first kappa shape index (κ1) is 24.0. The van der Waals surface area contributed by atoms with Gasteiger partial charge in [-0.05, 0) is 36.9 Å². The number of hydrogen-bond acceptors (Lipinski definition) is 7. The molecule has 0 radical (unpaired) electrons. The summed E-state index contributed by atoms with van der Waals surface area (Å²) >= 11 is 0. The number of sulfonamides is 2. The summed E-state index contributed by atoms with van der Waals surface area (Å²) < 4.78 is 64.4. The third-order valence-electron chi connectivity index (χ3n) is 4.64. The Balaban J connectivity index is 1.51. The average molecular weight is 484 g/mol.